The molecule has 0 bridgehead atoms. The topological polar surface area (TPSA) is 70.7 Å². The van der Waals surface area contributed by atoms with Gasteiger partial charge in [-0.3, -0.25) is 4.79 Å². The van der Waals surface area contributed by atoms with E-state index in [-0.39, 0.29) is 12.5 Å². The SMILES string of the molecule is CCc1nc2ccccc2n1CC(=O)Nc1ccc(C#N)cc1. The van der Waals surface area contributed by atoms with Gasteiger partial charge in [-0.25, -0.2) is 4.98 Å². The van der Waals surface area contributed by atoms with Gasteiger partial charge in [0.25, 0.3) is 0 Å². The zero-order valence-corrected chi connectivity index (χ0v) is 12.8. The van der Waals surface area contributed by atoms with Gasteiger partial charge in [-0.05, 0) is 36.4 Å². The van der Waals surface area contributed by atoms with Crippen LogP contribution >= 0.6 is 0 Å². The molecule has 0 atom stereocenters. The van der Waals surface area contributed by atoms with E-state index < -0.39 is 0 Å². The smallest absolute Gasteiger partial charge is 0.244 e. The zero-order valence-electron chi connectivity index (χ0n) is 12.8. The molecule has 5 nitrogen and oxygen atoms in total. The lowest BCUT2D eigenvalue weighted by atomic mass is 10.2. The minimum atomic E-state index is -0.118. The highest BCUT2D eigenvalue weighted by molar-refractivity contribution is 5.91. The van der Waals surface area contributed by atoms with Crippen molar-refractivity contribution in [3.05, 3.63) is 59.9 Å². The van der Waals surface area contributed by atoms with Crippen LogP contribution in [0.3, 0.4) is 0 Å². The van der Waals surface area contributed by atoms with E-state index in [0.717, 1.165) is 23.3 Å². The molecule has 0 spiro atoms. The summed E-state index contributed by atoms with van der Waals surface area (Å²) >= 11 is 0. The van der Waals surface area contributed by atoms with E-state index in [1.54, 1.807) is 24.3 Å². The lowest BCUT2D eigenvalue weighted by Crippen LogP contribution is -2.20. The predicted octanol–water partition coefficient (Wildman–Crippen LogP) is 3.11. The number of aryl methyl sites for hydroxylation is 1. The number of hydrogen-bond donors (Lipinski definition) is 1. The van der Waals surface area contributed by atoms with Crippen LogP contribution in [0.1, 0.15) is 18.3 Å². The number of nitrogens with one attached hydrogen (secondary N) is 1. The van der Waals surface area contributed by atoms with Crippen LogP contribution in [-0.4, -0.2) is 15.5 Å². The van der Waals surface area contributed by atoms with Crippen LogP contribution in [0.2, 0.25) is 0 Å². The molecule has 23 heavy (non-hydrogen) atoms. The maximum absolute atomic E-state index is 12.3. The van der Waals surface area contributed by atoms with Crippen molar-refractivity contribution in [2.75, 3.05) is 5.32 Å². The number of rotatable bonds is 4. The van der Waals surface area contributed by atoms with Crippen LogP contribution in [0.15, 0.2) is 48.5 Å². The van der Waals surface area contributed by atoms with Crippen molar-refractivity contribution in [3.8, 4) is 6.07 Å². The lowest BCUT2D eigenvalue weighted by Gasteiger charge is -2.09. The minimum absolute atomic E-state index is 0.118. The standard InChI is InChI=1S/C18H16N4O/c1-2-17-21-15-5-3-4-6-16(15)22(17)12-18(23)20-14-9-7-13(11-19)8-10-14/h3-10H,2,12H2,1H3,(H,20,23). The third-order valence-electron chi connectivity index (χ3n) is 3.65. The van der Waals surface area contributed by atoms with Crippen LogP contribution in [-0.2, 0) is 17.8 Å². The Kier molecular flexibility index (Phi) is 4.07. The highest BCUT2D eigenvalue weighted by Gasteiger charge is 2.12. The number of nitriles is 1. The number of nitrogens with zero attached hydrogens (tertiary/aromatic N) is 3. The van der Waals surface area contributed by atoms with Crippen LogP contribution < -0.4 is 5.32 Å². The van der Waals surface area contributed by atoms with Crippen molar-refractivity contribution in [1.29, 1.82) is 5.26 Å². The Balaban J connectivity index is 1.81. The second-order valence-electron chi connectivity index (χ2n) is 5.19. The summed E-state index contributed by atoms with van der Waals surface area (Å²) in [4.78, 5) is 16.9. The van der Waals surface area contributed by atoms with Crippen molar-refractivity contribution in [2.24, 2.45) is 0 Å². The molecule has 114 valence electrons. The second kappa shape index (κ2) is 6.32. The fraction of sp³-hybridized carbons (Fsp3) is 0.167. The molecule has 2 aromatic carbocycles. The summed E-state index contributed by atoms with van der Waals surface area (Å²) in [5, 5.41) is 11.6. The molecular weight excluding hydrogens is 288 g/mol. The van der Waals surface area contributed by atoms with Crippen molar-refractivity contribution < 1.29 is 4.79 Å². The van der Waals surface area contributed by atoms with Crippen molar-refractivity contribution in [3.63, 3.8) is 0 Å². The van der Waals surface area contributed by atoms with Crippen molar-refractivity contribution in [1.82, 2.24) is 9.55 Å². The first-order valence-corrected chi connectivity index (χ1v) is 7.45. The van der Waals surface area contributed by atoms with Gasteiger partial charge < -0.3 is 9.88 Å². The van der Waals surface area contributed by atoms with Crippen molar-refractivity contribution in [2.45, 2.75) is 19.9 Å². The average molecular weight is 304 g/mol. The van der Waals surface area contributed by atoms with E-state index in [4.69, 9.17) is 5.26 Å². The molecule has 0 saturated heterocycles. The molecule has 0 fully saturated rings. The van der Waals surface area contributed by atoms with Gasteiger partial charge in [-0.15, -0.1) is 0 Å². The maximum atomic E-state index is 12.3. The van der Waals surface area contributed by atoms with Gasteiger partial charge in [0.15, 0.2) is 0 Å². The molecule has 0 aliphatic heterocycles. The maximum Gasteiger partial charge on any atom is 0.244 e. The summed E-state index contributed by atoms with van der Waals surface area (Å²) in [6, 6.07) is 16.7. The number of hydrogen-bond acceptors (Lipinski definition) is 3. The number of benzene rings is 2. The van der Waals surface area contributed by atoms with Crippen molar-refractivity contribution >= 4 is 22.6 Å². The number of anilines is 1. The van der Waals surface area contributed by atoms with Crippen LogP contribution in [0.5, 0.6) is 0 Å². The zero-order chi connectivity index (χ0) is 16.2. The van der Waals surface area contributed by atoms with E-state index in [1.807, 2.05) is 35.8 Å². The summed E-state index contributed by atoms with van der Waals surface area (Å²) in [5.41, 5.74) is 3.10. The fourth-order valence-corrected chi connectivity index (χ4v) is 2.54. The number of para-hydroxylation sites is 2. The molecule has 5 heteroatoms. The quantitative estimate of drug-likeness (QED) is 0.805. The summed E-state index contributed by atoms with van der Waals surface area (Å²) in [6.45, 7) is 2.24. The Bertz CT molecular complexity index is 888. The normalized spacial score (nSPS) is 10.4. The van der Waals surface area contributed by atoms with Gasteiger partial charge >= 0.3 is 0 Å². The summed E-state index contributed by atoms with van der Waals surface area (Å²) < 4.78 is 1.94. The van der Waals surface area contributed by atoms with Gasteiger partial charge in [-0.1, -0.05) is 19.1 Å². The van der Waals surface area contributed by atoms with Gasteiger partial charge in [0, 0.05) is 12.1 Å². The summed E-state index contributed by atoms with van der Waals surface area (Å²) in [5.74, 6) is 0.772. The van der Waals surface area contributed by atoms with E-state index in [9.17, 15) is 4.79 Å². The Morgan fingerprint density at radius 3 is 2.65 bits per heavy atom. The largest absolute Gasteiger partial charge is 0.325 e. The van der Waals surface area contributed by atoms with E-state index in [2.05, 4.69) is 16.4 Å². The highest BCUT2D eigenvalue weighted by atomic mass is 16.1. The molecule has 3 aromatic rings. The van der Waals surface area contributed by atoms with Gasteiger partial charge in [0.1, 0.15) is 12.4 Å². The van der Waals surface area contributed by atoms with Gasteiger partial charge in [0.2, 0.25) is 5.91 Å². The molecular formula is C18H16N4O. The number of fused-ring (bicyclic) bond motifs is 1. The van der Waals surface area contributed by atoms with Gasteiger partial charge in [0.05, 0.1) is 22.7 Å². The summed E-state index contributed by atoms with van der Waals surface area (Å²) in [6.07, 6.45) is 0.763. The molecule has 0 aliphatic rings. The third-order valence-corrected chi connectivity index (χ3v) is 3.65. The Morgan fingerprint density at radius 2 is 1.96 bits per heavy atom. The lowest BCUT2D eigenvalue weighted by molar-refractivity contribution is -0.116. The Labute approximate surface area is 134 Å². The number of carbonyl (C=O) groups is 1. The average Bonchev–Trinajstić information content (AvgIpc) is 2.93. The summed E-state index contributed by atoms with van der Waals surface area (Å²) in [7, 11) is 0. The first-order chi connectivity index (χ1) is 11.2. The Hall–Kier alpha value is -3.13. The monoisotopic (exact) mass is 304 g/mol. The third kappa shape index (κ3) is 3.06. The second-order valence-corrected chi connectivity index (χ2v) is 5.19. The van der Waals surface area contributed by atoms with E-state index in [0.29, 0.717) is 11.3 Å². The minimum Gasteiger partial charge on any atom is -0.325 e. The molecule has 0 saturated carbocycles. The molecule has 1 N–H and O–H groups in total. The van der Waals surface area contributed by atoms with E-state index >= 15 is 0 Å². The number of aromatic nitrogens is 2. The Morgan fingerprint density at radius 1 is 1.22 bits per heavy atom. The molecule has 0 aliphatic carbocycles. The first kappa shape index (κ1) is 14.8. The fourth-order valence-electron chi connectivity index (χ4n) is 2.54. The van der Waals surface area contributed by atoms with Crippen LogP contribution in [0, 0.1) is 11.3 Å². The first-order valence-electron chi connectivity index (χ1n) is 7.45. The van der Waals surface area contributed by atoms with Crippen LogP contribution in [0.25, 0.3) is 11.0 Å². The number of amides is 1. The van der Waals surface area contributed by atoms with Gasteiger partial charge in [-0.2, -0.15) is 5.26 Å². The van der Waals surface area contributed by atoms with E-state index in [1.165, 1.54) is 0 Å². The molecule has 1 aromatic heterocycles. The predicted molar refractivity (Wildman–Crippen MR) is 88.9 cm³/mol. The van der Waals surface area contributed by atoms with Crippen LogP contribution in [0.4, 0.5) is 5.69 Å². The highest BCUT2D eigenvalue weighted by Crippen LogP contribution is 2.17. The molecule has 1 amide bonds. The molecule has 1 heterocycles. The molecule has 3 rings (SSSR count). The molecule has 0 radical (unpaired) electrons. The molecule has 0 unspecified atom stereocenters. The number of imidazole rings is 1. The number of carbonyl (C=O) groups excluding carboxylic acids is 1.